The van der Waals surface area contributed by atoms with Crippen molar-refractivity contribution in [2.45, 2.75) is 219 Å². The molecule has 0 aliphatic heterocycles. The van der Waals surface area contributed by atoms with E-state index in [2.05, 4.69) is 26.0 Å². The number of phosphoric ester groups is 1. The van der Waals surface area contributed by atoms with Crippen molar-refractivity contribution in [1.29, 1.82) is 0 Å². The molecular formula is C42H83O9P. The van der Waals surface area contributed by atoms with Gasteiger partial charge in [-0.25, -0.2) is 4.57 Å². The first kappa shape index (κ1) is 51.2. The van der Waals surface area contributed by atoms with Crippen LogP contribution in [0, 0.1) is 0 Å². The summed E-state index contributed by atoms with van der Waals surface area (Å²) in [6.45, 7) is 3.48. The molecule has 0 aromatic rings. The molecule has 0 aromatic heterocycles. The van der Waals surface area contributed by atoms with Crippen LogP contribution in [0.25, 0.3) is 0 Å². The van der Waals surface area contributed by atoms with Crippen molar-refractivity contribution >= 4 is 13.8 Å². The van der Waals surface area contributed by atoms with Crippen molar-refractivity contribution in [2.24, 2.45) is 0 Å². The van der Waals surface area contributed by atoms with Crippen LogP contribution in [0.4, 0.5) is 0 Å². The second-order valence-corrected chi connectivity index (χ2v) is 16.2. The van der Waals surface area contributed by atoms with E-state index in [1.54, 1.807) is 0 Å². The van der Waals surface area contributed by atoms with Crippen molar-refractivity contribution < 1.29 is 43.0 Å². The summed E-state index contributed by atoms with van der Waals surface area (Å²) in [5, 5.41) is 18.3. The maximum absolute atomic E-state index is 12.5. The van der Waals surface area contributed by atoms with E-state index in [-0.39, 0.29) is 19.6 Å². The molecule has 0 saturated carbocycles. The van der Waals surface area contributed by atoms with Crippen LogP contribution in [0.1, 0.15) is 206 Å². The lowest BCUT2D eigenvalue weighted by molar-refractivity contribution is -0.154. The zero-order valence-corrected chi connectivity index (χ0v) is 34.7. The van der Waals surface area contributed by atoms with Crippen LogP contribution in [0.5, 0.6) is 0 Å². The molecule has 0 aliphatic rings. The van der Waals surface area contributed by atoms with Gasteiger partial charge in [0.15, 0.2) is 0 Å². The average Bonchev–Trinajstić information content (AvgIpc) is 3.13. The number of rotatable bonds is 42. The number of carbonyl (C=O) groups is 1. The molecule has 0 rings (SSSR count). The molecule has 3 N–H and O–H groups in total. The Hall–Kier alpha value is -0.800. The van der Waals surface area contributed by atoms with Gasteiger partial charge in [-0.3, -0.25) is 13.8 Å². The molecule has 52 heavy (non-hydrogen) atoms. The third kappa shape index (κ3) is 38.9. The number of aliphatic hydroxyl groups is 2. The monoisotopic (exact) mass is 763 g/mol. The van der Waals surface area contributed by atoms with Gasteiger partial charge in [-0.1, -0.05) is 180 Å². The number of aliphatic hydroxyl groups excluding tert-OH is 2. The summed E-state index contributed by atoms with van der Waals surface area (Å²) in [5.41, 5.74) is 0. The highest BCUT2D eigenvalue weighted by atomic mass is 31.2. The lowest BCUT2D eigenvalue weighted by Gasteiger charge is -2.20. The van der Waals surface area contributed by atoms with E-state index in [9.17, 15) is 19.4 Å². The number of hydrogen-bond acceptors (Lipinski definition) is 8. The highest BCUT2D eigenvalue weighted by Gasteiger charge is 2.26. The van der Waals surface area contributed by atoms with E-state index in [1.807, 2.05) is 0 Å². The lowest BCUT2D eigenvalue weighted by Crippen LogP contribution is -2.29. The molecule has 0 fully saturated rings. The molecule has 0 aliphatic carbocycles. The Labute approximate surface area is 320 Å². The van der Waals surface area contributed by atoms with Gasteiger partial charge in [-0.05, 0) is 32.1 Å². The summed E-state index contributed by atoms with van der Waals surface area (Å²) in [4.78, 5) is 22.5. The van der Waals surface area contributed by atoms with Crippen molar-refractivity contribution in [3.63, 3.8) is 0 Å². The van der Waals surface area contributed by atoms with Gasteiger partial charge >= 0.3 is 13.8 Å². The summed E-state index contributed by atoms with van der Waals surface area (Å²) in [5.74, 6) is -0.391. The summed E-state index contributed by atoms with van der Waals surface area (Å²) in [7, 11) is -4.51. The van der Waals surface area contributed by atoms with Crippen LogP contribution in [-0.4, -0.2) is 66.3 Å². The van der Waals surface area contributed by atoms with Gasteiger partial charge in [-0.2, -0.15) is 0 Å². The minimum atomic E-state index is -4.51. The zero-order valence-electron chi connectivity index (χ0n) is 33.8. The molecule has 0 bridgehead atoms. The van der Waals surface area contributed by atoms with Gasteiger partial charge in [0.05, 0.1) is 26.4 Å². The highest BCUT2D eigenvalue weighted by Crippen LogP contribution is 2.43. The van der Waals surface area contributed by atoms with Gasteiger partial charge in [0, 0.05) is 13.0 Å². The third-order valence-electron chi connectivity index (χ3n) is 9.43. The molecule has 0 amide bonds. The van der Waals surface area contributed by atoms with Crippen LogP contribution in [-0.2, 0) is 27.9 Å². The predicted octanol–water partition coefficient (Wildman–Crippen LogP) is 11.7. The average molecular weight is 763 g/mol. The molecule has 3 unspecified atom stereocenters. The standard InChI is InChI=1S/C42H83O9P/c1-3-5-7-9-11-13-15-16-17-18-19-20-21-22-23-24-25-27-29-31-33-35-48-38-41(39-50-52(46,47)49-37-40(44)36-43)51-42(45)34-32-30-28-26-14-12-10-8-6-4-2/h8,10,40-41,43-44H,3-7,9,11-39H2,1-2H3,(H,46,47)/b10-8-. The Kier molecular flexibility index (Phi) is 39.3. The van der Waals surface area contributed by atoms with E-state index in [0.29, 0.717) is 6.61 Å². The Morgan fingerprint density at radius 1 is 0.577 bits per heavy atom. The van der Waals surface area contributed by atoms with Gasteiger partial charge in [0.2, 0.25) is 0 Å². The van der Waals surface area contributed by atoms with Crippen molar-refractivity contribution in [3.05, 3.63) is 12.2 Å². The maximum atomic E-state index is 12.5. The fourth-order valence-electron chi connectivity index (χ4n) is 6.12. The van der Waals surface area contributed by atoms with E-state index >= 15 is 0 Å². The Morgan fingerprint density at radius 2 is 1.02 bits per heavy atom. The van der Waals surface area contributed by atoms with Gasteiger partial charge in [-0.15, -0.1) is 0 Å². The molecule has 310 valence electrons. The summed E-state index contributed by atoms with van der Waals surface area (Å²) >= 11 is 0. The van der Waals surface area contributed by atoms with Crippen molar-refractivity contribution in [2.75, 3.05) is 33.0 Å². The Balaban J connectivity index is 4.02. The number of carbonyl (C=O) groups excluding carboxylic acids is 1. The fourth-order valence-corrected chi connectivity index (χ4v) is 6.91. The molecular weight excluding hydrogens is 679 g/mol. The fraction of sp³-hybridized carbons (Fsp3) is 0.929. The van der Waals surface area contributed by atoms with E-state index in [1.165, 1.54) is 128 Å². The van der Waals surface area contributed by atoms with E-state index in [4.69, 9.17) is 23.6 Å². The molecule has 0 aromatic carbocycles. The number of unbranched alkanes of at least 4 members (excludes halogenated alkanes) is 26. The molecule has 0 spiro atoms. The molecule has 0 saturated heterocycles. The molecule has 0 heterocycles. The number of esters is 1. The SMILES string of the molecule is CCC/C=C\CCCCCCCC(=O)OC(COCCCCCCCCCCCCCCCCCCCCCCC)COP(=O)(O)OCC(O)CO. The summed E-state index contributed by atoms with van der Waals surface area (Å²) in [6, 6.07) is 0. The molecule has 9 nitrogen and oxygen atoms in total. The lowest BCUT2D eigenvalue weighted by atomic mass is 10.0. The highest BCUT2D eigenvalue weighted by molar-refractivity contribution is 7.47. The van der Waals surface area contributed by atoms with Crippen LogP contribution in [0.2, 0.25) is 0 Å². The van der Waals surface area contributed by atoms with E-state index in [0.717, 1.165) is 57.8 Å². The number of phosphoric acid groups is 1. The normalized spacial score (nSPS) is 14.2. The predicted molar refractivity (Wildman–Crippen MR) is 215 cm³/mol. The first-order valence-corrected chi connectivity index (χ1v) is 23.2. The van der Waals surface area contributed by atoms with Gasteiger partial charge in [0.25, 0.3) is 0 Å². The number of ether oxygens (including phenoxy) is 2. The summed E-state index contributed by atoms with van der Waals surface area (Å²) < 4.78 is 33.3. The largest absolute Gasteiger partial charge is 0.472 e. The van der Waals surface area contributed by atoms with Crippen LogP contribution >= 0.6 is 7.82 Å². The first-order chi connectivity index (χ1) is 25.3. The van der Waals surface area contributed by atoms with Crippen LogP contribution in [0.3, 0.4) is 0 Å². The quantitative estimate of drug-likeness (QED) is 0.0241. The molecule has 10 heteroatoms. The topological polar surface area (TPSA) is 132 Å². The Morgan fingerprint density at radius 3 is 1.52 bits per heavy atom. The molecule has 3 atom stereocenters. The number of allylic oxidation sites excluding steroid dienone is 2. The maximum Gasteiger partial charge on any atom is 0.472 e. The van der Waals surface area contributed by atoms with E-state index < -0.39 is 39.2 Å². The summed E-state index contributed by atoms with van der Waals surface area (Å²) in [6.07, 6.45) is 39.0. The number of hydrogen-bond donors (Lipinski definition) is 3. The smallest absolute Gasteiger partial charge is 0.457 e. The van der Waals surface area contributed by atoms with Crippen molar-refractivity contribution in [3.8, 4) is 0 Å². The van der Waals surface area contributed by atoms with Gasteiger partial charge < -0.3 is 24.6 Å². The minimum absolute atomic E-state index is 0.0513. The minimum Gasteiger partial charge on any atom is -0.457 e. The second kappa shape index (κ2) is 39.9. The zero-order chi connectivity index (χ0) is 38.2. The van der Waals surface area contributed by atoms with Crippen LogP contribution < -0.4 is 0 Å². The Bertz CT molecular complexity index is 825. The first-order valence-electron chi connectivity index (χ1n) is 21.7. The molecule has 0 radical (unpaired) electrons. The second-order valence-electron chi connectivity index (χ2n) is 14.7. The third-order valence-corrected chi connectivity index (χ3v) is 10.4. The van der Waals surface area contributed by atoms with Gasteiger partial charge in [0.1, 0.15) is 12.2 Å². The van der Waals surface area contributed by atoms with Crippen LogP contribution in [0.15, 0.2) is 12.2 Å². The van der Waals surface area contributed by atoms with Crippen molar-refractivity contribution in [1.82, 2.24) is 0 Å².